The van der Waals surface area contributed by atoms with E-state index in [9.17, 15) is 0 Å². The van der Waals surface area contributed by atoms with E-state index in [-0.39, 0.29) is 0 Å². The van der Waals surface area contributed by atoms with Gasteiger partial charge in [-0.2, -0.15) is 0 Å². The molecule has 6 aromatic carbocycles. The first-order chi connectivity index (χ1) is 24.7. The molecule has 0 unspecified atom stereocenters. The van der Waals surface area contributed by atoms with Crippen molar-refractivity contribution in [3.05, 3.63) is 176 Å². The zero-order chi connectivity index (χ0) is 33.4. The van der Waals surface area contributed by atoms with Gasteiger partial charge in [0.2, 0.25) is 0 Å². The van der Waals surface area contributed by atoms with Crippen molar-refractivity contribution in [2.75, 3.05) is 0 Å². The molecule has 5 heteroatoms. The lowest BCUT2D eigenvalue weighted by atomic mass is 10.0. The highest BCUT2D eigenvalue weighted by Gasteiger charge is 2.21. The molecule has 0 saturated heterocycles. The van der Waals surface area contributed by atoms with Crippen LogP contribution in [0.4, 0.5) is 0 Å². The molecule has 0 bridgehead atoms. The summed E-state index contributed by atoms with van der Waals surface area (Å²) >= 11 is 0. The Morgan fingerprint density at radius 1 is 0.420 bits per heavy atom. The molecular weight excluding hydrogens is 611 g/mol. The normalized spacial score (nSPS) is 11.3. The van der Waals surface area contributed by atoms with Crippen LogP contribution in [0.5, 0.6) is 0 Å². The standard InChI is InChI=1S/C45H31N5/c1-30-19-21-31(22-20-30)34-23-25-37-36-16-8-9-18-40(36)50(42(37)29-34)41-26-24-35(39-17-10-11-27-46-39)28-38(41)45-48-43(32-12-4-2-5-13-32)47-44(49-45)33-14-6-3-7-15-33/h2-29H,1H3. The predicted molar refractivity (Wildman–Crippen MR) is 204 cm³/mol. The monoisotopic (exact) mass is 641 g/mol. The Hall–Kier alpha value is -6.72. The summed E-state index contributed by atoms with van der Waals surface area (Å²) in [5.41, 5.74) is 11.4. The second-order valence-electron chi connectivity index (χ2n) is 12.4. The number of hydrogen-bond acceptors (Lipinski definition) is 4. The summed E-state index contributed by atoms with van der Waals surface area (Å²) in [4.78, 5) is 20.0. The third-order valence-electron chi connectivity index (χ3n) is 9.20. The zero-order valence-electron chi connectivity index (χ0n) is 27.4. The van der Waals surface area contributed by atoms with Crippen molar-refractivity contribution in [2.45, 2.75) is 6.92 Å². The molecule has 0 radical (unpaired) electrons. The van der Waals surface area contributed by atoms with E-state index in [4.69, 9.17) is 19.9 Å². The van der Waals surface area contributed by atoms with Crippen molar-refractivity contribution in [1.82, 2.24) is 24.5 Å². The van der Waals surface area contributed by atoms with Crippen LogP contribution in [0.1, 0.15) is 5.56 Å². The van der Waals surface area contributed by atoms with Gasteiger partial charge in [0.15, 0.2) is 17.5 Å². The smallest absolute Gasteiger partial charge is 0.166 e. The van der Waals surface area contributed by atoms with Gasteiger partial charge < -0.3 is 4.57 Å². The Balaban J connectivity index is 1.35. The fraction of sp³-hybridized carbons (Fsp3) is 0.0222. The molecule has 50 heavy (non-hydrogen) atoms. The van der Waals surface area contributed by atoms with Crippen molar-refractivity contribution in [3.8, 4) is 62.2 Å². The number of aromatic nitrogens is 5. The third kappa shape index (κ3) is 5.31. The van der Waals surface area contributed by atoms with E-state index < -0.39 is 0 Å². The second kappa shape index (κ2) is 12.4. The first kappa shape index (κ1) is 29.4. The molecule has 0 saturated carbocycles. The van der Waals surface area contributed by atoms with E-state index in [1.807, 2.05) is 85.1 Å². The molecule has 0 amide bonds. The quantitative estimate of drug-likeness (QED) is 0.181. The van der Waals surface area contributed by atoms with Crippen molar-refractivity contribution < 1.29 is 0 Å². The van der Waals surface area contributed by atoms with E-state index in [0.717, 1.165) is 50.2 Å². The van der Waals surface area contributed by atoms with Crippen LogP contribution in [0.25, 0.3) is 84.0 Å². The summed E-state index contributed by atoms with van der Waals surface area (Å²) in [7, 11) is 0. The maximum absolute atomic E-state index is 5.18. The topological polar surface area (TPSA) is 56.5 Å². The second-order valence-corrected chi connectivity index (χ2v) is 12.4. The number of pyridine rings is 1. The summed E-state index contributed by atoms with van der Waals surface area (Å²) in [6.07, 6.45) is 1.83. The highest BCUT2D eigenvalue weighted by atomic mass is 15.1. The highest BCUT2D eigenvalue weighted by Crippen LogP contribution is 2.39. The molecule has 9 aromatic rings. The first-order valence-electron chi connectivity index (χ1n) is 16.7. The van der Waals surface area contributed by atoms with E-state index in [1.54, 1.807) is 0 Å². The van der Waals surface area contributed by atoms with Gasteiger partial charge in [-0.1, -0.05) is 133 Å². The molecule has 0 aliphatic heterocycles. The molecule has 0 N–H and O–H groups in total. The molecule has 5 nitrogen and oxygen atoms in total. The van der Waals surface area contributed by atoms with Gasteiger partial charge in [0.25, 0.3) is 0 Å². The van der Waals surface area contributed by atoms with Crippen molar-refractivity contribution in [2.24, 2.45) is 0 Å². The van der Waals surface area contributed by atoms with E-state index in [0.29, 0.717) is 17.5 Å². The Morgan fingerprint density at radius 3 is 1.72 bits per heavy atom. The minimum atomic E-state index is 0.589. The fourth-order valence-electron chi connectivity index (χ4n) is 6.69. The van der Waals surface area contributed by atoms with Crippen molar-refractivity contribution in [1.29, 1.82) is 0 Å². The Morgan fingerprint density at radius 2 is 1.02 bits per heavy atom. The lowest BCUT2D eigenvalue weighted by Crippen LogP contribution is -2.04. The maximum Gasteiger partial charge on any atom is 0.166 e. The van der Waals surface area contributed by atoms with Crippen LogP contribution in [0.15, 0.2) is 170 Å². The molecule has 0 spiro atoms. The van der Waals surface area contributed by atoms with Crippen LogP contribution < -0.4 is 0 Å². The first-order valence-corrected chi connectivity index (χ1v) is 16.7. The van der Waals surface area contributed by atoms with Gasteiger partial charge in [0.05, 0.1) is 22.4 Å². The van der Waals surface area contributed by atoms with Gasteiger partial charge in [-0.05, 0) is 54.4 Å². The van der Waals surface area contributed by atoms with Crippen molar-refractivity contribution >= 4 is 21.8 Å². The van der Waals surface area contributed by atoms with E-state index in [1.165, 1.54) is 21.9 Å². The number of para-hydroxylation sites is 1. The molecule has 236 valence electrons. The van der Waals surface area contributed by atoms with Gasteiger partial charge in [-0.15, -0.1) is 0 Å². The number of hydrogen-bond donors (Lipinski definition) is 0. The summed E-state index contributed by atoms with van der Waals surface area (Å²) in [6.45, 7) is 2.12. The zero-order valence-corrected chi connectivity index (χ0v) is 27.4. The lowest BCUT2D eigenvalue weighted by Gasteiger charge is -2.16. The van der Waals surface area contributed by atoms with E-state index in [2.05, 4.69) is 96.4 Å². The molecule has 0 fully saturated rings. The van der Waals surface area contributed by atoms with Crippen molar-refractivity contribution in [3.63, 3.8) is 0 Å². The SMILES string of the molecule is Cc1ccc(-c2ccc3c4ccccc4n(-c4ccc(-c5ccccn5)cc4-c4nc(-c5ccccc5)nc(-c5ccccc5)n4)c3c2)cc1. The Bertz CT molecular complexity index is 2570. The van der Waals surface area contributed by atoms with Crippen LogP contribution in [0.2, 0.25) is 0 Å². The largest absolute Gasteiger partial charge is 0.308 e. The molecule has 0 aliphatic rings. The number of nitrogens with zero attached hydrogens (tertiary/aromatic N) is 5. The summed E-state index contributed by atoms with van der Waals surface area (Å²) in [5.74, 6) is 1.83. The lowest BCUT2D eigenvalue weighted by molar-refractivity contribution is 1.06. The highest BCUT2D eigenvalue weighted by molar-refractivity contribution is 6.10. The van der Waals surface area contributed by atoms with Gasteiger partial charge in [0.1, 0.15) is 0 Å². The molecule has 0 atom stereocenters. The summed E-state index contributed by atoms with van der Waals surface area (Å²) in [5, 5.41) is 2.37. The third-order valence-corrected chi connectivity index (χ3v) is 9.20. The summed E-state index contributed by atoms with van der Waals surface area (Å²) < 4.78 is 2.36. The number of rotatable bonds is 6. The molecular formula is C45H31N5. The Kier molecular flexibility index (Phi) is 7.29. The fourth-order valence-corrected chi connectivity index (χ4v) is 6.69. The maximum atomic E-state index is 5.18. The van der Waals surface area contributed by atoms with Crippen LogP contribution in [-0.2, 0) is 0 Å². The average molecular weight is 642 g/mol. The minimum absolute atomic E-state index is 0.589. The summed E-state index contributed by atoms with van der Waals surface area (Å²) in [6, 6.07) is 56.8. The Labute approximate surface area is 290 Å². The van der Waals surface area contributed by atoms with Gasteiger partial charge >= 0.3 is 0 Å². The molecule has 0 aliphatic carbocycles. The molecule has 3 heterocycles. The molecule has 9 rings (SSSR count). The van der Waals surface area contributed by atoms with E-state index >= 15 is 0 Å². The van der Waals surface area contributed by atoms with Crippen LogP contribution in [-0.4, -0.2) is 24.5 Å². The number of benzene rings is 6. The van der Waals surface area contributed by atoms with Crippen LogP contribution >= 0.6 is 0 Å². The van der Waals surface area contributed by atoms with Gasteiger partial charge in [-0.25, -0.2) is 15.0 Å². The average Bonchev–Trinajstić information content (AvgIpc) is 3.52. The van der Waals surface area contributed by atoms with Crippen LogP contribution in [0.3, 0.4) is 0 Å². The predicted octanol–water partition coefficient (Wildman–Crippen LogP) is 11.0. The minimum Gasteiger partial charge on any atom is -0.308 e. The van der Waals surface area contributed by atoms with Gasteiger partial charge in [-0.3, -0.25) is 4.98 Å². The number of fused-ring (bicyclic) bond motifs is 3. The number of aryl methyl sites for hydroxylation is 1. The van der Waals surface area contributed by atoms with Crippen LogP contribution in [0, 0.1) is 6.92 Å². The molecule has 3 aromatic heterocycles. The van der Waals surface area contributed by atoms with Gasteiger partial charge in [0, 0.05) is 39.2 Å².